The molecule has 0 fully saturated rings. The van der Waals surface area contributed by atoms with Gasteiger partial charge >= 0.3 is 0 Å². The summed E-state index contributed by atoms with van der Waals surface area (Å²) in [6, 6.07) is 23.5. The summed E-state index contributed by atoms with van der Waals surface area (Å²) in [7, 11) is 1.65. The lowest BCUT2D eigenvalue weighted by Crippen LogP contribution is -2.23. The van der Waals surface area contributed by atoms with Crippen molar-refractivity contribution in [3.05, 3.63) is 116 Å². The average Bonchev–Trinajstić information content (AvgIpc) is 3.68. The highest BCUT2D eigenvalue weighted by atomic mass is 32.1. The summed E-state index contributed by atoms with van der Waals surface area (Å²) in [4.78, 5) is 18.5. The van der Waals surface area contributed by atoms with E-state index < -0.39 is 0 Å². The normalized spacial score (nSPS) is 12.0. The Hall–Kier alpha value is -5.02. The van der Waals surface area contributed by atoms with E-state index in [2.05, 4.69) is 10.1 Å². The number of fused-ring (bicyclic) bond motifs is 1. The highest BCUT2D eigenvalue weighted by molar-refractivity contribution is 7.15. The minimum absolute atomic E-state index is 0.219. The van der Waals surface area contributed by atoms with E-state index in [4.69, 9.17) is 14.6 Å². The van der Waals surface area contributed by atoms with Gasteiger partial charge in [0.25, 0.3) is 5.56 Å². The second kappa shape index (κ2) is 11.2. The van der Waals surface area contributed by atoms with Gasteiger partial charge in [0.2, 0.25) is 4.96 Å². The Morgan fingerprint density at radius 2 is 1.73 bits per heavy atom. The molecule has 0 aliphatic carbocycles. The van der Waals surface area contributed by atoms with Gasteiger partial charge in [-0.3, -0.25) is 4.79 Å². The number of aromatic nitrogens is 5. The van der Waals surface area contributed by atoms with E-state index in [9.17, 15) is 4.79 Å². The van der Waals surface area contributed by atoms with Crippen molar-refractivity contribution in [2.45, 2.75) is 13.8 Å². The summed E-state index contributed by atoms with van der Waals surface area (Å²) in [5, 5.41) is 9.35. The molecule has 41 heavy (non-hydrogen) atoms. The topological polar surface area (TPSA) is 83.5 Å². The Labute approximate surface area is 240 Å². The van der Waals surface area contributed by atoms with Crippen LogP contribution in [0.2, 0.25) is 0 Å². The average molecular weight is 562 g/mol. The van der Waals surface area contributed by atoms with E-state index in [1.807, 2.05) is 110 Å². The standard InChI is InChI=1S/C32H27N5O3S/c1-4-40-25-13-10-22(11-14-25)12-17-29-33-32-37(34-29)31(38)28(41-32)19-23-20-36(24-8-6-5-7-9-24)35-30(23)27-16-15-26(39-3)18-21(27)2/h5-20H,4H2,1-3H3/b17-12+,28-19-. The number of ether oxygens (including phenoxy) is 2. The summed E-state index contributed by atoms with van der Waals surface area (Å²) in [5.74, 6) is 2.07. The SMILES string of the molecule is CCOc1ccc(/C=C/c2nc3s/c(=C\c4cn(-c5ccccc5)nc4-c4ccc(OC)cc4C)c(=O)n3n2)cc1. The van der Waals surface area contributed by atoms with Crippen LogP contribution < -0.4 is 19.6 Å². The van der Waals surface area contributed by atoms with Crippen LogP contribution in [0.3, 0.4) is 0 Å². The molecule has 3 aromatic heterocycles. The largest absolute Gasteiger partial charge is 0.497 e. The number of hydrogen-bond donors (Lipinski definition) is 0. The second-order valence-corrected chi connectivity index (χ2v) is 10.3. The van der Waals surface area contributed by atoms with Gasteiger partial charge in [0.15, 0.2) is 5.82 Å². The van der Waals surface area contributed by atoms with E-state index in [1.54, 1.807) is 13.2 Å². The maximum atomic E-state index is 13.4. The fourth-order valence-electron chi connectivity index (χ4n) is 4.52. The van der Waals surface area contributed by atoms with Crippen molar-refractivity contribution in [1.29, 1.82) is 0 Å². The molecule has 3 heterocycles. The predicted octanol–water partition coefficient (Wildman–Crippen LogP) is 5.44. The fourth-order valence-corrected chi connectivity index (χ4v) is 5.42. The van der Waals surface area contributed by atoms with Crippen molar-refractivity contribution in [3.8, 4) is 28.4 Å². The molecule has 8 nitrogen and oxygen atoms in total. The summed E-state index contributed by atoms with van der Waals surface area (Å²) in [6.45, 7) is 4.60. The van der Waals surface area contributed by atoms with E-state index in [-0.39, 0.29) is 5.56 Å². The van der Waals surface area contributed by atoms with Crippen molar-refractivity contribution >= 4 is 34.5 Å². The lowest BCUT2D eigenvalue weighted by atomic mass is 10.0. The number of methoxy groups -OCH3 is 1. The number of para-hydroxylation sites is 1. The zero-order valence-electron chi connectivity index (χ0n) is 22.8. The third-order valence-corrected chi connectivity index (χ3v) is 7.51. The maximum Gasteiger partial charge on any atom is 0.291 e. The molecular weight excluding hydrogens is 534 g/mol. The van der Waals surface area contributed by atoms with Gasteiger partial charge in [-0.05, 0) is 79.6 Å². The zero-order chi connectivity index (χ0) is 28.3. The molecule has 3 aromatic carbocycles. The first-order chi connectivity index (χ1) is 20.0. The molecule has 0 aliphatic rings. The molecule has 0 N–H and O–H groups in total. The van der Waals surface area contributed by atoms with Crippen LogP contribution in [0.15, 0.2) is 83.8 Å². The third-order valence-electron chi connectivity index (χ3n) is 6.55. The monoisotopic (exact) mass is 561 g/mol. The molecule has 0 bridgehead atoms. The number of rotatable bonds is 8. The lowest BCUT2D eigenvalue weighted by molar-refractivity contribution is 0.340. The Kier molecular flexibility index (Phi) is 7.18. The van der Waals surface area contributed by atoms with Gasteiger partial charge in [0.05, 0.1) is 23.9 Å². The molecule has 6 aromatic rings. The van der Waals surface area contributed by atoms with E-state index in [0.29, 0.717) is 21.9 Å². The maximum absolute atomic E-state index is 13.4. The van der Waals surface area contributed by atoms with Crippen LogP contribution in [0.25, 0.3) is 40.1 Å². The van der Waals surface area contributed by atoms with Gasteiger partial charge in [-0.1, -0.05) is 47.7 Å². The third kappa shape index (κ3) is 5.39. The molecule has 0 radical (unpaired) electrons. The summed E-state index contributed by atoms with van der Waals surface area (Å²) in [6.07, 6.45) is 7.51. The zero-order valence-corrected chi connectivity index (χ0v) is 23.6. The molecule has 9 heteroatoms. The predicted molar refractivity (Wildman–Crippen MR) is 163 cm³/mol. The van der Waals surface area contributed by atoms with Crippen molar-refractivity contribution in [1.82, 2.24) is 24.4 Å². The van der Waals surface area contributed by atoms with E-state index >= 15 is 0 Å². The molecule has 0 spiro atoms. The summed E-state index contributed by atoms with van der Waals surface area (Å²) in [5.41, 5.74) is 5.26. The van der Waals surface area contributed by atoms with Gasteiger partial charge in [-0.2, -0.15) is 14.6 Å². The quantitative estimate of drug-likeness (QED) is 0.246. The number of aryl methyl sites for hydroxylation is 1. The Morgan fingerprint density at radius 3 is 2.44 bits per heavy atom. The molecule has 0 saturated carbocycles. The van der Waals surface area contributed by atoms with Gasteiger partial charge in [0.1, 0.15) is 17.2 Å². The number of thiazole rings is 1. The molecule has 0 atom stereocenters. The van der Waals surface area contributed by atoms with Gasteiger partial charge in [-0.15, -0.1) is 5.10 Å². The Balaban J connectivity index is 1.37. The number of nitrogens with zero attached hydrogens (tertiary/aromatic N) is 5. The van der Waals surface area contributed by atoms with Gasteiger partial charge < -0.3 is 9.47 Å². The Bertz CT molecular complexity index is 1970. The molecular formula is C32H27N5O3S. The Morgan fingerprint density at radius 1 is 0.951 bits per heavy atom. The van der Waals surface area contributed by atoms with Crippen LogP contribution in [0, 0.1) is 6.92 Å². The van der Waals surface area contributed by atoms with Crippen molar-refractivity contribution < 1.29 is 9.47 Å². The number of hydrogen-bond acceptors (Lipinski definition) is 7. The number of benzene rings is 3. The summed E-state index contributed by atoms with van der Waals surface area (Å²) >= 11 is 1.30. The van der Waals surface area contributed by atoms with Crippen molar-refractivity contribution in [2.24, 2.45) is 0 Å². The molecule has 0 saturated heterocycles. The lowest BCUT2D eigenvalue weighted by Gasteiger charge is -2.07. The molecule has 0 aliphatic heterocycles. The van der Waals surface area contributed by atoms with Crippen LogP contribution in [0.1, 0.15) is 29.4 Å². The molecule has 0 amide bonds. The highest BCUT2D eigenvalue weighted by Gasteiger charge is 2.15. The van der Waals surface area contributed by atoms with Crippen LogP contribution in [0.5, 0.6) is 11.5 Å². The van der Waals surface area contributed by atoms with Gasteiger partial charge in [-0.25, -0.2) is 4.68 Å². The van der Waals surface area contributed by atoms with Crippen LogP contribution in [-0.4, -0.2) is 38.1 Å². The van der Waals surface area contributed by atoms with E-state index in [1.165, 1.54) is 15.9 Å². The van der Waals surface area contributed by atoms with Crippen molar-refractivity contribution in [2.75, 3.05) is 13.7 Å². The van der Waals surface area contributed by atoms with Crippen LogP contribution in [0.4, 0.5) is 0 Å². The summed E-state index contributed by atoms with van der Waals surface area (Å²) < 4.78 is 14.6. The first-order valence-corrected chi connectivity index (χ1v) is 14.0. The minimum Gasteiger partial charge on any atom is -0.497 e. The van der Waals surface area contributed by atoms with Crippen LogP contribution >= 0.6 is 11.3 Å². The highest BCUT2D eigenvalue weighted by Crippen LogP contribution is 2.30. The second-order valence-electron chi connectivity index (χ2n) is 9.31. The first-order valence-electron chi connectivity index (χ1n) is 13.1. The fraction of sp³-hybridized carbons (Fsp3) is 0.125. The smallest absolute Gasteiger partial charge is 0.291 e. The van der Waals surface area contributed by atoms with E-state index in [0.717, 1.165) is 45.1 Å². The first kappa shape index (κ1) is 26.2. The molecule has 204 valence electrons. The molecule has 0 unspecified atom stereocenters. The molecule has 6 rings (SSSR count). The minimum atomic E-state index is -0.219. The van der Waals surface area contributed by atoms with Gasteiger partial charge in [0, 0.05) is 17.3 Å². The van der Waals surface area contributed by atoms with Crippen LogP contribution in [-0.2, 0) is 0 Å². The van der Waals surface area contributed by atoms with Crippen molar-refractivity contribution in [3.63, 3.8) is 0 Å².